The minimum atomic E-state index is 0.502. The van der Waals surface area contributed by atoms with Crippen LogP contribution in [0.15, 0.2) is 0 Å². The fourth-order valence-electron chi connectivity index (χ4n) is 2.14. The van der Waals surface area contributed by atoms with Crippen molar-refractivity contribution in [2.45, 2.75) is 59.3 Å². The summed E-state index contributed by atoms with van der Waals surface area (Å²) in [5, 5.41) is 0. The van der Waals surface area contributed by atoms with E-state index in [9.17, 15) is 0 Å². The molecule has 0 saturated carbocycles. The van der Waals surface area contributed by atoms with E-state index in [0.717, 1.165) is 0 Å². The van der Waals surface area contributed by atoms with Crippen molar-refractivity contribution in [3.63, 3.8) is 0 Å². The summed E-state index contributed by atoms with van der Waals surface area (Å²) in [6.45, 7) is 11.0. The molecule has 1 rings (SSSR count). The summed E-state index contributed by atoms with van der Waals surface area (Å²) in [5.74, 6) is 0. The van der Waals surface area contributed by atoms with E-state index < -0.39 is 0 Å². The average molecular weight is 210 g/mol. The van der Waals surface area contributed by atoms with Gasteiger partial charge in [0.25, 0.3) is 0 Å². The summed E-state index contributed by atoms with van der Waals surface area (Å²) in [7, 11) is 0. The van der Waals surface area contributed by atoms with E-state index in [1.807, 2.05) is 0 Å². The number of unbranched alkanes of at least 4 members (excludes halogenated alkanes) is 2. The van der Waals surface area contributed by atoms with Crippen LogP contribution in [0.3, 0.4) is 0 Å². The molecular formula is C14H28N. The molecule has 0 aliphatic carbocycles. The highest BCUT2D eigenvalue weighted by Crippen LogP contribution is 2.21. The predicted octanol–water partition coefficient (Wildman–Crippen LogP) is 3.89. The Morgan fingerprint density at radius 3 is 2.27 bits per heavy atom. The number of hydrogen-bond donors (Lipinski definition) is 0. The molecule has 1 aliphatic rings. The third kappa shape index (κ3) is 6.94. The van der Waals surface area contributed by atoms with Crippen LogP contribution in [0.25, 0.3) is 0 Å². The van der Waals surface area contributed by atoms with Gasteiger partial charge in [0.05, 0.1) is 0 Å². The molecule has 0 unspecified atom stereocenters. The van der Waals surface area contributed by atoms with Crippen molar-refractivity contribution in [1.29, 1.82) is 0 Å². The third-order valence-electron chi connectivity index (χ3n) is 3.20. The van der Waals surface area contributed by atoms with Gasteiger partial charge in [-0.1, -0.05) is 27.2 Å². The van der Waals surface area contributed by atoms with Gasteiger partial charge in [-0.3, -0.25) is 0 Å². The van der Waals surface area contributed by atoms with E-state index >= 15 is 0 Å². The Balaban J connectivity index is 1.92. The molecule has 0 aromatic carbocycles. The summed E-state index contributed by atoms with van der Waals surface area (Å²) < 4.78 is 0. The van der Waals surface area contributed by atoms with Gasteiger partial charge >= 0.3 is 0 Å². The fraction of sp³-hybridized carbons (Fsp3) is 0.929. The van der Waals surface area contributed by atoms with E-state index in [0.29, 0.717) is 5.41 Å². The first-order valence-electron chi connectivity index (χ1n) is 6.62. The average Bonchev–Trinajstić information content (AvgIpc) is 2.17. The Morgan fingerprint density at radius 2 is 1.67 bits per heavy atom. The number of likely N-dealkylation sites (tertiary alicyclic amines) is 1. The number of nitrogens with zero attached hydrogens (tertiary/aromatic N) is 1. The van der Waals surface area contributed by atoms with Crippen molar-refractivity contribution in [1.82, 2.24) is 4.90 Å². The zero-order valence-electron chi connectivity index (χ0n) is 10.9. The Bertz CT molecular complexity index is 151. The highest BCUT2D eigenvalue weighted by molar-refractivity contribution is 4.73. The van der Waals surface area contributed by atoms with Gasteiger partial charge in [0, 0.05) is 0 Å². The molecule has 1 heteroatoms. The first-order valence-corrected chi connectivity index (χ1v) is 6.62. The molecule has 1 saturated heterocycles. The van der Waals surface area contributed by atoms with Crippen LogP contribution < -0.4 is 0 Å². The van der Waals surface area contributed by atoms with Crippen molar-refractivity contribution in [3.8, 4) is 0 Å². The first kappa shape index (κ1) is 13.0. The van der Waals surface area contributed by atoms with Gasteiger partial charge < -0.3 is 4.90 Å². The summed E-state index contributed by atoms with van der Waals surface area (Å²) in [6.07, 6.45) is 10.7. The first-order chi connectivity index (χ1) is 7.08. The quantitative estimate of drug-likeness (QED) is 0.622. The Kier molecular flexibility index (Phi) is 5.66. The lowest BCUT2D eigenvalue weighted by Crippen LogP contribution is -2.30. The molecule has 1 aliphatic heterocycles. The highest BCUT2D eigenvalue weighted by atomic mass is 15.1. The maximum atomic E-state index is 2.62. The van der Waals surface area contributed by atoms with E-state index in [1.54, 1.807) is 0 Å². The fourth-order valence-corrected chi connectivity index (χ4v) is 2.14. The molecule has 89 valence electrons. The number of hydrogen-bond acceptors (Lipinski definition) is 1. The molecule has 0 spiro atoms. The van der Waals surface area contributed by atoms with E-state index in [2.05, 4.69) is 32.1 Å². The summed E-state index contributed by atoms with van der Waals surface area (Å²) in [6, 6.07) is 0. The van der Waals surface area contributed by atoms with Gasteiger partial charge in [0.15, 0.2) is 0 Å². The van der Waals surface area contributed by atoms with Crippen LogP contribution in [-0.4, -0.2) is 24.5 Å². The SMILES string of the molecule is CC(C)(C)CC[CH]CCN1CCCCC1. The van der Waals surface area contributed by atoms with E-state index in [1.165, 1.54) is 58.2 Å². The van der Waals surface area contributed by atoms with Crippen molar-refractivity contribution in [2.75, 3.05) is 19.6 Å². The van der Waals surface area contributed by atoms with Crippen molar-refractivity contribution >= 4 is 0 Å². The molecule has 0 aromatic rings. The molecule has 0 N–H and O–H groups in total. The molecule has 0 bridgehead atoms. The van der Waals surface area contributed by atoms with Crippen molar-refractivity contribution in [3.05, 3.63) is 6.42 Å². The maximum absolute atomic E-state index is 2.62. The van der Waals surface area contributed by atoms with Crippen molar-refractivity contribution < 1.29 is 0 Å². The Morgan fingerprint density at radius 1 is 1.00 bits per heavy atom. The van der Waals surface area contributed by atoms with E-state index in [4.69, 9.17) is 0 Å². The largest absolute Gasteiger partial charge is 0.303 e. The Hall–Kier alpha value is -0.0400. The normalized spacial score (nSPS) is 19.4. The van der Waals surface area contributed by atoms with Gasteiger partial charge in [-0.2, -0.15) is 0 Å². The molecule has 1 heterocycles. The lowest BCUT2D eigenvalue weighted by atomic mass is 9.89. The van der Waals surface area contributed by atoms with Gasteiger partial charge in [-0.05, 0) is 63.6 Å². The highest BCUT2D eigenvalue weighted by Gasteiger charge is 2.11. The zero-order valence-corrected chi connectivity index (χ0v) is 10.9. The Labute approximate surface area is 96.2 Å². The van der Waals surface area contributed by atoms with Crippen LogP contribution in [-0.2, 0) is 0 Å². The number of piperidine rings is 1. The summed E-state index contributed by atoms with van der Waals surface area (Å²) in [5.41, 5.74) is 0.502. The predicted molar refractivity (Wildman–Crippen MR) is 67.9 cm³/mol. The maximum Gasteiger partial charge on any atom is -0.00160 e. The molecule has 1 nitrogen and oxygen atoms in total. The standard InChI is InChI=1S/C14H28N/c1-14(2,3)10-6-4-7-11-15-12-8-5-9-13-15/h4H,5-13H2,1-3H3. The summed E-state index contributed by atoms with van der Waals surface area (Å²) >= 11 is 0. The molecule has 0 aromatic heterocycles. The van der Waals surface area contributed by atoms with Crippen LogP contribution in [0, 0.1) is 11.8 Å². The second-order valence-corrected chi connectivity index (χ2v) is 6.08. The second-order valence-electron chi connectivity index (χ2n) is 6.08. The van der Waals surface area contributed by atoms with Crippen LogP contribution in [0.4, 0.5) is 0 Å². The molecule has 1 radical (unpaired) electrons. The van der Waals surface area contributed by atoms with Crippen LogP contribution >= 0.6 is 0 Å². The monoisotopic (exact) mass is 210 g/mol. The minimum absolute atomic E-state index is 0.502. The smallest absolute Gasteiger partial charge is 0.00160 e. The van der Waals surface area contributed by atoms with Crippen LogP contribution in [0.2, 0.25) is 0 Å². The van der Waals surface area contributed by atoms with Gasteiger partial charge in [-0.15, -0.1) is 0 Å². The van der Waals surface area contributed by atoms with Gasteiger partial charge in [-0.25, -0.2) is 0 Å². The van der Waals surface area contributed by atoms with Gasteiger partial charge in [0.2, 0.25) is 0 Å². The van der Waals surface area contributed by atoms with Crippen LogP contribution in [0.1, 0.15) is 59.3 Å². The molecule has 0 atom stereocenters. The zero-order chi connectivity index (χ0) is 11.1. The lowest BCUT2D eigenvalue weighted by Gasteiger charge is -2.26. The minimum Gasteiger partial charge on any atom is -0.303 e. The number of rotatable bonds is 5. The molecule has 1 fully saturated rings. The summed E-state index contributed by atoms with van der Waals surface area (Å²) in [4.78, 5) is 2.62. The van der Waals surface area contributed by atoms with Gasteiger partial charge in [0.1, 0.15) is 0 Å². The third-order valence-corrected chi connectivity index (χ3v) is 3.20. The topological polar surface area (TPSA) is 3.24 Å². The van der Waals surface area contributed by atoms with Crippen LogP contribution in [0.5, 0.6) is 0 Å². The molecule has 0 amide bonds. The molecular weight excluding hydrogens is 182 g/mol. The molecule has 15 heavy (non-hydrogen) atoms. The van der Waals surface area contributed by atoms with Crippen molar-refractivity contribution in [2.24, 2.45) is 5.41 Å². The lowest BCUT2D eigenvalue weighted by molar-refractivity contribution is 0.229. The van der Waals surface area contributed by atoms with E-state index in [-0.39, 0.29) is 0 Å². The second kappa shape index (κ2) is 6.52.